The second kappa shape index (κ2) is 8.11. The highest BCUT2D eigenvalue weighted by Crippen LogP contribution is 2.30. The van der Waals surface area contributed by atoms with Gasteiger partial charge in [0.05, 0.1) is 9.83 Å². The molecule has 1 atom stereocenters. The second-order valence-electron chi connectivity index (χ2n) is 5.91. The molecule has 2 rings (SSSR count). The van der Waals surface area contributed by atoms with E-state index in [0.717, 1.165) is 19.4 Å². The van der Waals surface area contributed by atoms with Crippen LogP contribution in [0.25, 0.3) is 0 Å². The predicted molar refractivity (Wildman–Crippen MR) is 97.1 cm³/mol. The van der Waals surface area contributed by atoms with E-state index >= 15 is 0 Å². The molecule has 1 aromatic heterocycles. The first-order valence-electron chi connectivity index (χ1n) is 7.66. The number of halogens is 1. The highest BCUT2D eigenvalue weighted by atomic mass is 79.9. The molecule has 3 heteroatoms. The average molecular weight is 366 g/mol. The zero-order valence-electron chi connectivity index (χ0n) is 13.0. The normalized spacial score (nSPS) is 12.8. The lowest BCUT2D eigenvalue weighted by atomic mass is 9.96. The Morgan fingerprint density at radius 3 is 2.62 bits per heavy atom. The Morgan fingerprint density at radius 1 is 1.19 bits per heavy atom. The standard InChI is InChI=1S/C18H24BrNS/c1-4-8-20-18(16-11-17(19)21-12-16)15-7-5-6-14(10-15)9-13(2)3/h5-7,10-13,18,20H,4,8-9H2,1-3H3. The van der Waals surface area contributed by atoms with Gasteiger partial charge in [0.2, 0.25) is 0 Å². The SMILES string of the molecule is CCCNC(c1cccc(CC(C)C)c1)c1csc(Br)c1. The lowest BCUT2D eigenvalue weighted by molar-refractivity contribution is 0.597. The first kappa shape index (κ1) is 16.7. The molecule has 0 fully saturated rings. The van der Waals surface area contributed by atoms with E-state index in [0.29, 0.717) is 12.0 Å². The van der Waals surface area contributed by atoms with E-state index in [-0.39, 0.29) is 0 Å². The highest BCUT2D eigenvalue weighted by Gasteiger charge is 2.15. The summed E-state index contributed by atoms with van der Waals surface area (Å²) in [6, 6.07) is 11.5. The summed E-state index contributed by atoms with van der Waals surface area (Å²) in [6.07, 6.45) is 2.29. The Kier molecular flexibility index (Phi) is 6.46. The van der Waals surface area contributed by atoms with Crippen LogP contribution in [0.5, 0.6) is 0 Å². The van der Waals surface area contributed by atoms with Crippen molar-refractivity contribution in [2.75, 3.05) is 6.54 Å². The Morgan fingerprint density at radius 2 is 2.00 bits per heavy atom. The molecule has 0 aliphatic carbocycles. The Hall–Kier alpha value is -0.640. The third-order valence-electron chi connectivity index (χ3n) is 3.45. The molecule has 1 unspecified atom stereocenters. The zero-order chi connectivity index (χ0) is 15.2. The summed E-state index contributed by atoms with van der Waals surface area (Å²) in [4.78, 5) is 0. The Balaban J connectivity index is 2.27. The maximum atomic E-state index is 3.68. The minimum absolute atomic E-state index is 0.291. The predicted octanol–water partition coefficient (Wildman–Crippen LogP) is 5.80. The van der Waals surface area contributed by atoms with Crippen LogP contribution in [0.3, 0.4) is 0 Å². The van der Waals surface area contributed by atoms with E-state index < -0.39 is 0 Å². The maximum absolute atomic E-state index is 3.68. The molecule has 1 heterocycles. The van der Waals surface area contributed by atoms with E-state index in [1.54, 1.807) is 11.3 Å². The Labute approximate surface area is 140 Å². The van der Waals surface area contributed by atoms with Crippen LogP contribution in [-0.4, -0.2) is 6.54 Å². The molecule has 0 aliphatic heterocycles. The van der Waals surface area contributed by atoms with Gasteiger partial charge in [0.1, 0.15) is 0 Å². The van der Waals surface area contributed by atoms with E-state index in [1.165, 1.54) is 20.5 Å². The van der Waals surface area contributed by atoms with Gasteiger partial charge >= 0.3 is 0 Å². The van der Waals surface area contributed by atoms with Gasteiger partial charge in [-0.1, -0.05) is 45.0 Å². The third-order valence-corrected chi connectivity index (χ3v) is 4.97. The molecule has 0 aliphatic rings. The lowest BCUT2D eigenvalue weighted by Gasteiger charge is -2.19. The van der Waals surface area contributed by atoms with Gasteiger partial charge in [0.15, 0.2) is 0 Å². The zero-order valence-corrected chi connectivity index (χ0v) is 15.4. The molecule has 114 valence electrons. The highest BCUT2D eigenvalue weighted by molar-refractivity contribution is 9.11. The first-order chi connectivity index (χ1) is 10.1. The van der Waals surface area contributed by atoms with Crippen molar-refractivity contribution in [2.24, 2.45) is 5.92 Å². The maximum Gasteiger partial charge on any atom is 0.0701 e. The van der Waals surface area contributed by atoms with Crippen LogP contribution in [0, 0.1) is 5.92 Å². The van der Waals surface area contributed by atoms with Gasteiger partial charge in [-0.2, -0.15) is 0 Å². The fourth-order valence-electron chi connectivity index (χ4n) is 2.56. The summed E-state index contributed by atoms with van der Waals surface area (Å²) >= 11 is 5.33. The summed E-state index contributed by atoms with van der Waals surface area (Å²) in [6.45, 7) is 7.79. The average Bonchev–Trinajstić information content (AvgIpc) is 2.85. The minimum Gasteiger partial charge on any atom is -0.306 e. The number of rotatable bonds is 7. The van der Waals surface area contributed by atoms with Crippen molar-refractivity contribution in [3.8, 4) is 0 Å². The van der Waals surface area contributed by atoms with Gasteiger partial charge in [-0.05, 0) is 69.4 Å². The molecule has 1 nitrogen and oxygen atoms in total. The van der Waals surface area contributed by atoms with Crippen LogP contribution in [0.15, 0.2) is 39.5 Å². The molecule has 21 heavy (non-hydrogen) atoms. The summed E-state index contributed by atoms with van der Waals surface area (Å²) < 4.78 is 1.19. The largest absolute Gasteiger partial charge is 0.306 e. The van der Waals surface area contributed by atoms with Gasteiger partial charge in [0, 0.05) is 0 Å². The monoisotopic (exact) mass is 365 g/mol. The molecule has 0 bridgehead atoms. The number of hydrogen-bond acceptors (Lipinski definition) is 2. The van der Waals surface area contributed by atoms with Crippen molar-refractivity contribution >= 4 is 27.3 Å². The van der Waals surface area contributed by atoms with E-state index in [4.69, 9.17) is 0 Å². The van der Waals surface area contributed by atoms with Crippen molar-refractivity contribution in [1.82, 2.24) is 5.32 Å². The Bertz CT molecular complexity index is 562. The van der Waals surface area contributed by atoms with Crippen LogP contribution in [-0.2, 0) is 6.42 Å². The number of hydrogen-bond donors (Lipinski definition) is 1. The molecule has 0 spiro atoms. The smallest absolute Gasteiger partial charge is 0.0701 e. The van der Waals surface area contributed by atoms with Crippen molar-refractivity contribution < 1.29 is 0 Å². The van der Waals surface area contributed by atoms with Crippen LogP contribution >= 0.6 is 27.3 Å². The van der Waals surface area contributed by atoms with Crippen LogP contribution in [0.4, 0.5) is 0 Å². The van der Waals surface area contributed by atoms with E-state index in [9.17, 15) is 0 Å². The fraction of sp³-hybridized carbons (Fsp3) is 0.444. The number of thiophene rings is 1. The minimum atomic E-state index is 0.291. The van der Waals surface area contributed by atoms with Crippen molar-refractivity contribution in [2.45, 2.75) is 39.7 Å². The lowest BCUT2D eigenvalue weighted by Crippen LogP contribution is -2.22. The van der Waals surface area contributed by atoms with Crippen molar-refractivity contribution in [3.05, 3.63) is 56.2 Å². The quantitative estimate of drug-likeness (QED) is 0.653. The summed E-state index contributed by atoms with van der Waals surface area (Å²) in [5.74, 6) is 0.692. The van der Waals surface area contributed by atoms with Gasteiger partial charge in [0.25, 0.3) is 0 Å². The molecular formula is C18H24BrNS. The molecular weight excluding hydrogens is 342 g/mol. The third kappa shape index (κ3) is 4.94. The van der Waals surface area contributed by atoms with Crippen LogP contribution < -0.4 is 5.32 Å². The van der Waals surface area contributed by atoms with Gasteiger partial charge in [-0.3, -0.25) is 0 Å². The van der Waals surface area contributed by atoms with Crippen molar-refractivity contribution in [3.63, 3.8) is 0 Å². The van der Waals surface area contributed by atoms with Crippen LogP contribution in [0.2, 0.25) is 0 Å². The summed E-state index contributed by atoms with van der Waals surface area (Å²) in [5, 5.41) is 5.92. The fourth-order valence-corrected chi connectivity index (χ4v) is 3.76. The van der Waals surface area contributed by atoms with E-state index in [2.05, 4.69) is 77.7 Å². The molecule has 0 saturated carbocycles. The molecule has 1 aromatic carbocycles. The molecule has 0 amide bonds. The first-order valence-corrected chi connectivity index (χ1v) is 9.33. The second-order valence-corrected chi connectivity index (χ2v) is 8.20. The number of nitrogens with one attached hydrogen (secondary N) is 1. The van der Waals surface area contributed by atoms with Crippen molar-refractivity contribution in [1.29, 1.82) is 0 Å². The van der Waals surface area contributed by atoms with Crippen LogP contribution in [0.1, 0.15) is 49.9 Å². The number of benzene rings is 1. The summed E-state index contributed by atoms with van der Waals surface area (Å²) in [7, 11) is 0. The van der Waals surface area contributed by atoms with E-state index in [1.807, 2.05) is 0 Å². The van der Waals surface area contributed by atoms with Gasteiger partial charge in [-0.15, -0.1) is 11.3 Å². The summed E-state index contributed by atoms with van der Waals surface area (Å²) in [5.41, 5.74) is 4.15. The topological polar surface area (TPSA) is 12.0 Å². The molecule has 2 aromatic rings. The van der Waals surface area contributed by atoms with Gasteiger partial charge in [-0.25, -0.2) is 0 Å². The molecule has 0 radical (unpaired) electrons. The molecule has 1 N–H and O–H groups in total. The van der Waals surface area contributed by atoms with Gasteiger partial charge < -0.3 is 5.32 Å². The molecule has 0 saturated heterocycles.